The van der Waals surface area contributed by atoms with Gasteiger partial charge in [0.25, 0.3) is 0 Å². The lowest BCUT2D eigenvalue weighted by Crippen LogP contribution is -1.97. The molecule has 0 saturated heterocycles. The average Bonchev–Trinajstić information content (AvgIpc) is 2.40. The maximum absolute atomic E-state index is 11.4. The largest absolute Gasteiger partial charge is 0.457 e. The van der Waals surface area contributed by atoms with Crippen LogP contribution in [0, 0.1) is 0 Å². The molecule has 2 aromatic carbocycles. The maximum atomic E-state index is 11.4. The van der Waals surface area contributed by atoms with Gasteiger partial charge in [-0.15, -0.1) is 0 Å². The Balaban J connectivity index is 2.27. The van der Waals surface area contributed by atoms with E-state index in [0.29, 0.717) is 17.1 Å². The Bertz CT molecular complexity index is 708. The molecule has 0 fully saturated rings. The van der Waals surface area contributed by atoms with Gasteiger partial charge in [0.1, 0.15) is 11.5 Å². The molecule has 0 aliphatic carbocycles. The van der Waals surface area contributed by atoms with Gasteiger partial charge in [0.2, 0.25) is 0 Å². The summed E-state index contributed by atoms with van der Waals surface area (Å²) in [6.45, 7) is -0.143. The molecule has 0 unspecified atom stereocenters. The molecule has 2 aromatic rings. The fourth-order valence-corrected chi connectivity index (χ4v) is 2.69. The summed E-state index contributed by atoms with van der Waals surface area (Å²) in [5, 5.41) is 9.29. The van der Waals surface area contributed by atoms with E-state index in [1.165, 1.54) is 12.1 Å². The van der Waals surface area contributed by atoms with Crippen molar-refractivity contribution < 1.29 is 18.3 Å². The minimum atomic E-state index is -3.21. The highest BCUT2D eigenvalue weighted by molar-refractivity contribution is 9.10. The molecule has 6 heteroatoms. The van der Waals surface area contributed by atoms with Crippen LogP contribution in [-0.4, -0.2) is 19.8 Å². The molecule has 0 bridgehead atoms. The first-order chi connectivity index (χ1) is 9.40. The zero-order valence-corrected chi connectivity index (χ0v) is 13.1. The first-order valence-electron chi connectivity index (χ1n) is 5.77. The molecule has 0 atom stereocenters. The standard InChI is InChI=1S/C14H13BrO4S/c1-20(17,18)13-5-3-12(4-6-13)19-14-7-2-11(15)8-10(14)9-16/h2-8,16H,9H2,1H3. The van der Waals surface area contributed by atoms with Crippen LogP contribution in [0.4, 0.5) is 0 Å². The molecule has 4 nitrogen and oxygen atoms in total. The number of aliphatic hydroxyl groups is 1. The third-order valence-corrected chi connectivity index (χ3v) is 4.29. The number of hydrogen-bond acceptors (Lipinski definition) is 4. The Hall–Kier alpha value is -1.37. The van der Waals surface area contributed by atoms with E-state index >= 15 is 0 Å². The summed E-state index contributed by atoms with van der Waals surface area (Å²) >= 11 is 3.32. The van der Waals surface area contributed by atoms with E-state index < -0.39 is 9.84 Å². The van der Waals surface area contributed by atoms with E-state index in [0.717, 1.165) is 10.7 Å². The molecule has 2 rings (SSSR count). The van der Waals surface area contributed by atoms with Gasteiger partial charge in [-0.05, 0) is 42.5 Å². The molecule has 0 aliphatic rings. The molecule has 1 N–H and O–H groups in total. The van der Waals surface area contributed by atoms with E-state index in [2.05, 4.69) is 15.9 Å². The fraction of sp³-hybridized carbons (Fsp3) is 0.143. The van der Waals surface area contributed by atoms with E-state index in [9.17, 15) is 13.5 Å². The molecule has 0 spiro atoms. The smallest absolute Gasteiger partial charge is 0.175 e. The minimum Gasteiger partial charge on any atom is -0.457 e. The second-order valence-electron chi connectivity index (χ2n) is 4.26. The number of halogens is 1. The lowest BCUT2D eigenvalue weighted by Gasteiger charge is -2.10. The summed E-state index contributed by atoms with van der Waals surface area (Å²) in [7, 11) is -3.21. The van der Waals surface area contributed by atoms with Crippen LogP contribution >= 0.6 is 15.9 Å². The Morgan fingerprint density at radius 2 is 1.80 bits per heavy atom. The molecule has 0 aromatic heterocycles. The lowest BCUT2D eigenvalue weighted by molar-refractivity contribution is 0.276. The van der Waals surface area contributed by atoms with Crippen LogP contribution < -0.4 is 4.74 Å². The van der Waals surface area contributed by atoms with Gasteiger partial charge in [-0.3, -0.25) is 0 Å². The van der Waals surface area contributed by atoms with Crippen LogP contribution in [-0.2, 0) is 16.4 Å². The molecular weight excluding hydrogens is 344 g/mol. The summed E-state index contributed by atoms with van der Waals surface area (Å²) < 4.78 is 29.2. The van der Waals surface area contributed by atoms with E-state index in [1.54, 1.807) is 30.3 Å². The average molecular weight is 357 g/mol. The third-order valence-electron chi connectivity index (χ3n) is 2.67. The quantitative estimate of drug-likeness (QED) is 0.913. The zero-order chi connectivity index (χ0) is 14.8. The van der Waals surface area contributed by atoms with Crippen molar-refractivity contribution in [3.05, 3.63) is 52.5 Å². The van der Waals surface area contributed by atoms with Crippen LogP contribution in [0.1, 0.15) is 5.56 Å². The number of ether oxygens (including phenoxy) is 1. The number of sulfone groups is 1. The van der Waals surface area contributed by atoms with E-state index in [4.69, 9.17) is 4.74 Å². The molecule has 20 heavy (non-hydrogen) atoms. The molecule has 0 radical (unpaired) electrons. The Morgan fingerprint density at radius 1 is 1.15 bits per heavy atom. The van der Waals surface area contributed by atoms with Gasteiger partial charge in [0, 0.05) is 16.3 Å². The van der Waals surface area contributed by atoms with Gasteiger partial charge in [0.05, 0.1) is 11.5 Å². The van der Waals surface area contributed by atoms with Crippen LogP contribution in [0.25, 0.3) is 0 Å². The van der Waals surface area contributed by atoms with Gasteiger partial charge in [-0.25, -0.2) is 8.42 Å². The third kappa shape index (κ3) is 3.59. The van der Waals surface area contributed by atoms with Crippen LogP contribution in [0.3, 0.4) is 0 Å². The summed E-state index contributed by atoms with van der Waals surface area (Å²) in [5.41, 5.74) is 0.645. The van der Waals surface area contributed by atoms with Crippen molar-refractivity contribution >= 4 is 25.8 Å². The van der Waals surface area contributed by atoms with Crippen LogP contribution in [0.2, 0.25) is 0 Å². The highest BCUT2D eigenvalue weighted by Gasteiger charge is 2.08. The van der Waals surface area contributed by atoms with Crippen molar-refractivity contribution in [2.45, 2.75) is 11.5 Å². The van der Waals surface area contributed by atoms with Gasteiger partial charge in [-0.1, -0.05) is 15.9 Å². The van der Waals surface area contributed by atoms with E-state index in [-0.39, 0.29) is 11.5 Å². The van der Waals surface area contributed by atoms with Gasteiger partial charge in [-0.2, -0.15) is 0 Å². The van der Waals surface area contributed by atoms with Crippen molar-refractivity contribution in [1.82, 2.24) is 0 Å². The second kappa shape index (κ2) is 5.95. The maximum Gasteiger partial charge on any atom is 0.175 e. The van der Waals surface area contributed by atoms with Crippen LogP contribution in [0.5, 0.6) is 11.5 Å². The number of aliphatic hydroxyl groups excluding tert-OH is 1. The molecule has 0 heterocycles. The SMILES string of the molecule is CS(=O)(=O)c1ccc(Oc2ccc(Br)cc2CO)cc1. The first-order valence-corrected chi connectivity index (χ1v) is 8.46. The lowest BCUT2D eigenvalue weighted by atomic mass is 10.2. The number of rotatable bonds is 4. The van der Waals surface area contributed by atoms with Crippen molar-refractivity contribution in [3.63, 3.8) is 0 Å². The molecule has 0 saturated carbocycles. The number of benzene rings is 2. The Morgan fingerprint density at radius 3 is 2.35 bits per heavy atom. The van der Waals surface area contributed by atoms with Gasteiger partial charge in [0.15, 0.2) is 9.84 Å². The summed E-state index contributed by atoms with van der Waals surface area (Å²) in [6, 6.07) is 11.4. The van der Waals surface area contributed by atoms with Crippen LogP contribution in [0.15, 0.2) is 51.8 Å². The summed E-state index contributed by atoms with van der Waals surface area (Å²) in [6.07, 6.45) is 1.15. The Labute approximate surface area is 126 Å². The van der Waals surface area contributed by atoms with E-state index in [1.807, 2.05) is 0 Å². The topological polar surface area (TPSA) is 63.6 Å². The highest BCUT2D eigenvalue weighted by Crippen LogP contribution is 2.28. The fourth-order valence-electron chi connectivity index (χ4n) is 1.65. The number of hydrogen-bond donors (Lipinski definition) is 1. The monoisotopic (exact) mass is 356 g/mol. The predicted molar refractivity (Wildman–Crippen MR) is 79.7 cm³/mol. The van der Waals surface area contributed by atoms with Crippen molar-refractivity contribution in [3.8, 4) is 11.5 Å². The van der Waals surface area contributed by atoms with Crippen molar-refractivity contribution in [2.75, 3.05) is 6.26 Å². The molecular formula is C14H13BrO4S. The predicted octanol–water partition coefficient (Wildman–Crippen LogP) is 3.14. The highest BCUT2D eigenvalue weighted by atomic mass is 79.9. The zero-order valence-electron chi connectivity index (χ0n) is 10.7. The molecule has 0 amide bonds. The normalized spacial score (nSPS) is 11.3. The first kappa shape index (κ1) is 15.0. The summed E-state index contributed by atoms with van der Waals surface area (Å²) in [5.74, 6) is 1.04. The minimum absolute atomic E-state index is 0.143. The van der Waals surface area contributed by atoms with Crippen molar-refractivity contribution in [1.29, 1.82) is 0 Å². The van der Waals surface area contributed by atoms with Gasteiger partial charge < -0.3 is 9.84 Å². The summed E-state index contributed by atoms with van der Waals surface area (Å²) in [4.78, 5) is 0.239. The molecule has 106 valence electrons. The molecule has 0 aliphatic heterocycles. The van der Waals surface area contributed by atoms with Crippen molar-refractivity contribution in [2.24, 2.45) is 0 Å². The second-order valence-corrected chi connectivity index (χ2v) is 7.19. The van der Waals surface area contributed by atoms with Gasteiger partial charge >= 0.3 is 0 Å². The Kier molecular flexibility index (Phi) is 4.47.